The molecular formula is C17H21ClN6O. The van der Waals surface area contributed by atoms with E-state index in [1.54, 1.807) is 13.1 Å². The number of hydrogen-bond acceptors (Lipinski definition) is 5. The highest BCUT2D eigenvalue weighted by Crippen LogP contribution is 2.40. The first-order valence-electron chi connectivity index (χ1n) is 8.70. The molecule has 7 nitrogen and oxygen atoms in total. The van der Waals surface area contributed by atoms with Gasteiger partial charge in [0.05, 0.1) is 11.2 Å². The van der Waals surface area contributed by atoms with Crippen molar-refractivity contribution in [2.45, 2.75) is 44.6 Å². The van der Waals surface area contributed by atoms with E-state index in [0.29, 0.717) is 22.6 Å². The molecule has 2 aromatic rings. The van der Waals surface area contributed by atoms with Crippen molar-refractivity contribution in [3.63, 3.8) is 0 Å². The van der Waals surface area contributed by atoms with Crippen LogP contribution in [0.3, 0.4) is 0 Å². The van der Waals surface area contributed by atoms with Crippen LogP contribution in [0.2, 0.25) is 5.02 Å². The number of aromatic amines is 1. The van der Waals surface area contributed by atoms with E-state index in [4.69, 9.17) is 11.6 Å². The molecule has 2 fully saturated rings. The number of H-pyrrole nitrogens is 1. The number of carbonyl (C=O) groups excluding carboxylic acids is 1. The summed E-state index contributed by atoms with van der Waals surface area (Å²) in [6, 6.07) is 2.28. The molecule has 0 unspecified atom stereocenters. The van der Waals surface area contributed by atoms with E-state index in [0.717, 1.165) is 37.3 Å². The minimum atomic E-state index is 0.133. The predicted octanol–water partition coefficient (Wildman–Crippen LogP) is 2.82. The van der Waals surface area contributed by atoms with Gasteiger partial charge in [0.25, 0.3) is 0 Å². The molecule has 0 bridgehead atoms. The van der Waals surface area contributed by atoms with Gasteiger partial charge >= 0.3 is 0 Å². The zero-order valence-corrected chi connectivity index (χ0v) is 14.9. The summed E-state index contributed by atoms with van der Waals surface area (Å²) < 4.78 is 0. The number of hydrogen-bond donors (Lipinski definition) is 2. The summed E-state index contributed by atoms with van der Waals surface area (Å²) in [5.41, 5.74) is 2.54. The zero-order chi connectivity index (χ0) is 17.4. The van der Waals surface area contributed by atoms with E-state index in [2.05, 4.69) is 25.5 Å². The van der Waals surface area contributed by atoms with Crippen molar-refractivity contribution in [2.24, 2.45) is 0 Å². The number of carbonyl (C=O) groups is 1. The number of halogens is 1. The minimum Gasteiger partial charge on any atom is -0.351 e. The number of aromatic nitrogens is 4. The quantitative estimate of drug-likeness (QED) is 0.875. The van der Waals surface area contributed by atoms with Crippen LogP contribution in [0.4, 0.5) is 5.95 Å². The SMILES string of the molecule is CC(=O)N1CCC(Nc2ncc(Cl)c(-c3cc(C4CC4)[nH]n3)n2)CC1. The van der Waals surface area contributed by atoms with Gasteiger partial charge in [-0.05, 0) is 31.7 Å². The highest BCUT2D eigenvalue weighted by atomic mass is 35.5. The Morgan fingerprint density at radius 3 is 2.76 bits per heavy atom. The Kier molecular flexibility index (Phi) is 4.33. The minimum absolute atomic E-state index is 0.133. The third-order valence-corrected chi connectivity index (χ3v) is 5.15. The first-order valence-corrected chi connectivity index (χ1v) is 9.08. The molecule has 0 radical (unpaired) electrons. The lowest BCUT2D eigenvalue weighted by molar-refractivity contribution is -0.129. The van der Waals surface area contributed by atoms with Crippen molar-refractivity contribution >= 4 is 23.5 Å². The van der Waals surface area contributed by atoms with E-state index in [1.165, 1.54) is 12.8 Å². The Labute approximate surface area is 151 Å². The van der Waals surface area contributed by atoms with Gasteiger partial charge in [-0.2, -0.15) is 5.10 Å². The standard InChI is InChI=1S/C17H21ClN6O/c1-10(25)24-6-4-12(5-7-24)20-17-19-9-13(18)16(21-17)15-8-14(22-23-15)11-2-3-11/h8-9,11-12H,2-7H2,1H3,(H,22,23)(H,19,20,21). The molecule has 2 aliphatic rings. The molecule has 8 heteroatoms. The molecule has 4 rings (SSSR count). The van der Waals surface area contributed by atoms with E-state index in [9.17, 15) is 4.79 Å². The summed E-state index contributed by atoms with van der Waals surface area (Å²) in [5.74, 6) is 1.29. The van der Waals surface area contributed by atoms with Gasteiger partial charge in [0.1, 0.15) is 11.4 Å². The molecule has 1 saturated heterocycles. The van der Waals surface area contributed by atoms with Crippen LogP contribution >= 0.6 is 11.6 Å². The maximum Gasteiger partial charge on any atom is 0.223 e. The number of rotatable bonds is 4. The number of likely N-dealkylation sites (tertiary alicyclic amines) is 1. The van der Waals surface area contributed by atoms with Crippen molar-refractivity contribution in [2.75, 3.05) is 18.4 Å². The second-order valence-electron chi connectivity index (χ2n) is 6.80. The van der Waals surface area contributed by atoms with Crippen molar-refractivity contribution in [1.29, 1.82) is 0 Å². The number of anilines is 1. The van der Waals surface area contributed by atoms with Crippen LogP contribution in [-0.4, -0.2) is 50.1 Å². The normalized spacial score (nSPS) is 18.4. The molecule has 0 atom stereocenters. The van der Waals surface area contributed by atoms with E-state index in [-0.39, 0.29) is 11.9 Å². The second-order valence-corrected chi connectivity index (χ2v) is 7.20. The first-order chi connectivity index (χ1) is 12.1. The van der Waals surface area contributed by atoms with Crippen LogP contribution in [0.1, 0.15) is 44.2 Å². The van der Waals surface area contributed by atoms with Crippen LogP contribution in [-0.2, 0) is 4.79 Å². The lowest BCUT2D eigenvalue weighted by atomic mass is 10.1. The largest absolute Gasteiger partial charge is 0.351 e. The Bertz CT molecular complexity index is 779. The molecule has 3 heterocycles. The van der Waals surface area contributed by atoms with Gasteiger partial charge in [-0.3, -0.25) is 9.89 Å². The molecule has 25 heavy (non-hydrogen) atoms. The van der Waals surface area contributed by atoms with Crippen molar-refractivity contribution in [3.05, 3.63) is 23.0 Å². The third-order valence-electron chi connectivity index (χ3n) is 4.88. The average Bonchev–Trinajstić information content (AvgIpc) is 3.35. The summed E-state index contributed by atoms with van der Waals surface area (Å²) in [7, 11) is 0. The van der Waals surface area contributed by atoms with Gasteiger partial charge in [-0.15, -0.1) is 0 Å². The Hall–Kier alpha value is -2.15. The maximum atomic E-state index is 11.4. The maximum absolute atomic E-state index is 11.4. The molecule has 1 aliphatic carbocycles. The summed E-state index contributed by atoms with van der Waals surface area (Å²) in [6.45, 7) is 3.14. The Morgan fingerprint density at radius 2 is 2.08 bits per heavy atom. The van der Waals surface area contributed by atoms with Crippen LogP contribution in [0.15, 0.2) is 12.3 Å². The number of amides is 1. The highest BCUT2D eigenvalue weighted by molar-refractivity contribution is 6.32. The predicted molar refractivity (Wildman–Crippen MR) is 95.5 cm³/mol. The fourth-order valence-corrected chi connectivity index (χ4v) is 3.39. The monoisotopic (exact) mass is 360 g/mol. The lowest BCUT2D eigenvalue weighted by Gasteiger charge is -2.31. The molecule has 2 N–H and O–H groups in total. The van der Waals surface area contributed by atoms with Gasteiger partial charge in [0.2, 0.25) is 11.9 Å². The number of nitrogens with zero attached hydrogens (tertiary/aromatic N) is 4. The Morgan fingerprint density at radius 1 is 1.32 bits per heavy atom. The van der Waals surface area contributed by atoms with Gasteiger partial charge in [0.15, 0.2) is 0 Å². The molecule has 1 aliphatic heterocycles. The van der Waals surface area contributed by atoms with Gasteiger partial charge in [0, 0.05) is 37.7 Å². The molecule has 1 saturated carbocycles. The lowest BCUT2D eigenvalue weighted by Crippen LogP contribution is -2.41. The Balaban J connectivity index is 1.47. The van der Waals surface area contributed by atoms with Crippen LogP contribution in [0.5, 0.6) is 0 Å². The molecule has 132 valence electrons. The smallest absolute Gasteiger partial charge is 0.223 e. The fourth-order valence-electron chi connectivity index (χ4n) is 3.20. The van der Waals surface area contributed by atoms with Gasteiger partial charge in [-0.1, -0.05) is 11.6 Å². The van der Waals surface area contributed by atoms with E-state index < -0.39 is 0 Å². The van der Waals surface area contributed by atoms with Crippen LogP contribution < -0.4 is 5.32 Å². The molecule has 1 amide bonds. The first kappa shape index (κ1) is 16.3. The summed E-state index contributed by atoms with van der Waals surface area (Å²) in [6.07, 6.45) is 5.81. The number of piperidine rings is 1. The molecule has 2 aromatic heterocycles. The van der Waals surface area contributed by atoms with E-state index >= 15 is 0 Å². The van der Waals surface area contributed by atoms with E-state index in [1.807, 2.05) is 11.0 Å². The van der Waals surface area contributed by atoms with Crippen molar-refractivity contribution in [3.8, 4) is 11.4 Å². The summed E-state index contributed by atoms with van der Waals surface area (Å²) in [4.78, 5) is 22.1. The second kappa shape index (κ2) is 6.63. The fraction of sp³-hybridized carbons (Fsp3) is 0.529. The van der Waals surface area contributed by atoms with Crippen LogP contribution in [0, 0.1) is 0 Å². The average molecular weight is 361 g/mol. The highest BCUT2D eigenvalue weighted by Gasteiger charge is 2.26. The van der Waals surface area contributed by atoms with Crippen molar-refractivity contribution < 1.29 is 4.79 Å². The van der Waals surface area contributed by atoms with Crippen molar-refractivity contribution in [1.82, 2.24) is 25.1 Å². The topological polar surface area (TPSA) is 86.8 Å². The third kappa shape index (κ3) is 3.61. The van der Waals surface area contributed by atoms with Crippen LogP contribution in [0.25, 0.3) is 11.4 Å². The van der Waals surface area contributed by atoms with Gasteiger partial charge in [-0.25, -0.2) is 9.97 Å². The number of nitrogens with one attached hydrogen (secondary N) is 2. The zero-order valence-electron chi connectivity index (χ0n) is 14.1. The molecule has 0 spiro atoms. The van der Waals surface area contributed by atoms with Gasteiger partial charge < -0.3 is 10.2 Å². The summed E-state index contributed by atoms with van der Waals surface area (Å²) >= 11 is 6.28. The molecule has 0 aromatic carbocycles. The molecular weight excluding hydrogens is 340 g/mol. The summed E-state index contributed by atoms with van der Waals surface area (Å²) in [5, 5.41) is 11.3.